The number of nitrogens with one attached hydrogen (secondary N) is 1. The van der Waals surface area contributed by atoms with E-state index in [4.69, 9.17) is 0 Å². The monoisotopic (exact) mass is 324 g/mol. The number of benzene rings is 1. The molecule has 1 atom stereocenters. The maximum Gasteiger partial charge on any atom is 0.146 e. The van der Waals surface area contributed by atoms with Gasteiger partial charge < -0.3 is 14.5 Å². The third-order valence-electron chi connectivity index (χ3n) is 4.18. The summed E-state index contributed by atoms with van der Waals surface area (Å²) in [4.78, 5) is 4.26. The second-order valence-corrected chi connectivity index (χ2v) is 6.08. The van der Waals surface area contributed by atoms with Crippen molar-refractivity contribution in [3.63, 3.8) is 0 Å². The van der Waals surface area contributed by atoms with Gasteiger partial charge in [-0.1, -0.05) is 30.3 Å². The van der Waals surface area contributed by atoms with Crippen molar-refractivity contribution in [3.05, 3.63) is 66.3 Å². The second kappa shape index (κ2) is 7.88. The third kappa shape index (κ3) is 4.29. The summed E-state index contributed by atoms with van der Waals surface area (Å²) in [6.07, 6.45) is 6.64. The van der Waals surface area contributed by atoms with Crippen molar-refractivity contribution in [2.24, 2.45) is 0 Å². The molecule has 0 aliphatic heterocycles. The summed E-state index contributed by atoms with van der Waals surface area (Å²) in [6, 6.07) is 10.8. The van der Waals surface area contributed by atoms with Gasteiger partial charge in [0.1, 0.15) is 18.0 Å². The number of aromatic nitrogens is 5. The largest absolute Gasteiger partial charge is 0.334 e. The Bertz CT molecular complexity index is 746. The van der Waals surface area contributed by atoms with Gasteiger partial charge in [0, 0.05) is 31.5 Å². The topological polar surface area (TPSA) is 60.6 Å². The lowest BCUT2D eigenvalue weighted by Gasteiger charge is -2.15. The van der Waals surface area contributed by atoms with Crippen LogP contribution in [0.3, 0.4) is 0 Å². The Morgan fingerprint density at radius 2 is 2.00 bits per heavy atom. The molecule has 3 aromatic rings. The van der Waals surface area contributed by atoms with E-state index in [1.165, 1.54) is 5.56 Å². The molecule has 0 fully saturated rings. The highest BCUT2D eigenvalue weighted by Gasteiger charge is 2.08. The predicted molar refractivity (Wildman–Crippen MR) is 93.4 cm³/mol. The molecular formula is C18H24N6. The summed E-state index contributed by atoms with van der Waals surface area (Å²) in [6.45, 7) is 6.69. The van der Waals surface area contributed by atoms with Gasteiger partial charge in [-0.05, 0) is 25.8 Å². The molecule has 24 heavy (non-hydrogen) atoms. The molecule has 126 valence electrons. The van der Waals surface area contributed by atoms with Crippen LogP contribution in [0, 0.1) is 6.92 Å². The fourth-order valence-electron chi connectivity index (χ4n) is 2.72. The average Bonchev–Trinajstić information content (AvgIpc) is 3.21. The number of hydrogen-bond acceptors (Lipinski definition) is 4. The van der Waals surface area contributed by atoms with Crippen LogP contribution in [0.5, 0.6) is 0 Å². The highest BCUT2D eigenvalue weighted by Crippen LogP contribution is 2.04. The molecule has 0 spiro atoms. The minimum atomic E-state index is 0.331. The number of rotatable bonds is 8. The molecule has 6 heteroatoms. The van der Waals surface area contributed by atoms with E-state index in [2.05, 4.69) is 60.8 Å². The Hall–Kier alpha value is -2.47. The molecule has 3 rings (SSSR count). The average molecular weight is 324 g/mol. The van der Waals surface area contributed by atoms with Crippen LogP contribution in [0.25, 0.3) is 0 Å². The van der Waals surface area contributed by atoms with Crippen LogP contribution in [-0.2, 0) is 26.1 Å². The highest BCUT2D eigenvalue weighted by molar-refractivity contribution is 5.14. The van der Waals surface area contributed by atoms with Crippen LogP contribution in [0.4, 0.5) is 0 Å². The van der Waals surface area contributed by atoms with Gasteiger partial charge in [-0.15, -0.1) is 10.2 Å². The smallest absolute Gasteiger partial charge is 0.146 e. The Balaban J connectivity index is 1.51. The van der Waals surface area contributed by atoms with Crippen LogP contribution < -0.4 is 5.32 Å². The van der Waals surface area contributed by atoms with E-state index in [1.807, 2.05) is 31.7 Å². The minimum Gasteiger partial charge on any atom is -0.334 e. The standard InChI is InChI=1S/C18H24N6/c1-15(13-23-11-9-19-16(23)2)20-12-18-22-21-14-24(18)10-8-17-6-4-3-5-7-17/h3-7,9,11,14-15,20H,8,10,12-13H2,1-2H3. The molecule has 6 nitrogen and oxygen atoms in total. The normalized spacial score (nSPS) is 12.4. The van der Waals surface area contributed by atoms with E-state index < -0.39 is 0 Å². The first kappa shape index (κ1) is 16.4. The van der Waals surface area contributed by atoms with Gasteiger partial charge in [0.2, 0.25) is 0 Å². The Morgan fingerprint density at radius 3 is 2.75 bits per heavy atom. The first-order valence-corrected chi connectivity index (χ1v) is 8.34. The summed E-state index contributed by atoms with van der Waals surface area (Å²) >= 11 is 0. The quantitative estimate of drug-likeness (QED) is 0.690. The molecular weight excluding hydrogens is 300 g/mol. The van der Waals surface area contributed by atoms with Crippen molar-refractivity contribution in [1.29, 1.82) is 0 Å². The predicted octanol–water partition coefficient (Wildman–Crippen LogP) is 2.20. The molecule has 0 bridgehead atoms. The van der Waals surface area contributed by atoms with E-state index >= 15 is 0 Å². The van der Waals surface area contributed by atoms with Gasteiger partial charge in [0.05, 0.1) is 6.54 Å². The Labute approximate surface area is 142 Å². The molecule has 0 amide bonds. The first-order chi connectivity index (χ1) is 11.7. The number of hydrogen-bond donors (Lipinski definition) is 1. The second-order valence-electron chi connectivity index (χ2n) is 6.08. The van der Waals surface area contributed by atoms with Crippen molar-refractivity contribution in [2.45, 2.75) is 45.9 Å². The van der Waals surface area contributed by atoms with Gasteiger partial charge in [-0.3, -0.25) is 0 Å². The minimum absolute atomic E-state index is 0.331. The van der Waals surface area contributed by atoms with Crippen LogP contribution >= 0.6 is 0 Å². The molecule has 2 aromatic heterocycles. The summed E-state index contributed by atoms with van der Waals surface area (Å²) in [5.74, 6) is 2.01. The van der Waals surface area contributed by atoms with Gasteiger partial charge in [-0.2, -0.15) is 0 Å². The number of aryl methyl sites for hydroxylation is 3. The van der Waals surface area contributed by atoms with E-state index in [-0.39, 0.29) is 0 Å². The van der Waals surface area contributed by atoms with Gasteiger partial charge >= 0.3 is 0 Å². The molecule has 1 aromatic carbocycles. The summed E-state index contributed by atoms with van der Waals surface area (Å²) < 4.78 is 4.27. The fourth-order valence-corrected chi connectivity index (χ4v) is 2.72. The van der Waals surface area contributed by atoms with Crippen LogP contribution in [0.1, 0.15) is 24.1 Å². The van der Waals surface area contributed by atoms with Crippen LogP contribution in [-0.4, -0.2) is 30.4 Å². The first-order valence-electron chi connectivity index (χ1n) is 8.34. The van der Waals surface area contributed by atoms with Crippen molar-refractivity contribution < 1.29 is 0 Å². The zero-order chi connectivity index (χ0) is 16.8. The van der Waals surface area contributed by atoms with Crippen molar-refractivity contribution in [2.75, 3.05) is 0 Å². The van der Waals surface area contributed by atoms with Gasteiger partial charge in [0.15, 0.2) is 0 Å². The highest BCUT2D eigenvalue weighted by atomic mass is 15.3. The molecule has 0 aliphatic rings. The SMILES string of the molecule is Cc1nccn1CC(C)NCc1nncn1CCc1ccccc1. The zero-order valence-corrected chi connectivity index (χ0v) is 14.3. The number of nitrogens with zero attached hydrogens (tertiary/aromatic N) is 5. The zero-order valence-electron chi connectivity index (χ0n) is 14.3. The fraction of sp³-hybridized carbons (Fsp3) is 0.389. The van der Waals surface area contributed by atoms with Crippen molar-refractivity contribution in [3.8, 4) is 0 Å². The lowest BCUT2D eigenvalue weighted by molar-refractivity contribution is 0.456. The number of imidazole rings is 1. The van der Waals surface area contributed by atoms with E-state index in [1.54, 1.807) is 0 Å². The Morgan fingerprint density at radius 1 is 1.17 bits per heavy atom. The molecule has 0 saturated heterocycles. The van der Waals surface area contributed by atoms with Gasteiger partial charge in [-0.25, -0.2) is 4.98 Å². The maximum absolute atomic E-state index is 4.26. The van der Waals surface area contributed by atoms with Crippen LogP contribution in [0.15, 0.2) is 49.1 Å². The van der Waals surface area contributed by atoms with Gasteiger partial charge in [0.25, 0.3) is 0 Å². The molecule has 2 heterocycles. The summed E-state index contributed by atoms with van der Waals surface area (Å²) in [5.41, 5.74) is 1.33. The summed E-state index contributed by atoms with van der Waals surface area (Å²) in [5, 5.41) is 11.8. The van der Waals surface area contributed by atoms with Crippen molar-refractivity contribution >= 4 is 0 Å². The van der Waals surface area contributed by atoms with Crippen LogP contribution in [0.2, 0.25) is 0 Å². The lowest BCUT2D eigenvalue weighted by Crippen LogP contribution is -2.31. The van der Waals surface area contributed by atoms with E-state index in [9.17, 15) is 0 Å². The maximum atomic E-state index is 4.26. The lowest BCUT2D eigenvalue weighted by atomic mass is 10.1. The molecule has 0 saturated carbocycles. The molecule has 1 unspecified atom stereocenters. The third-order valence-corrected chi connectivity index (χ3v) is 4.18. The van der Waals surface area contributed by atoms with Crippen molar-refractivity contribution in [1.82, 2.24) is 29.6 Å². The molecule has 0 aliphatic carbocycles. The summed E-state index contributed by atoms with van der Waals surface area (Å²) in [7, 11) is 0. The van der Waals surface area contributed by atoms with E-state index in [0.29, 0.717) is 12.6 Å². The van der Waals surface area contributed by atoms with E-state index in [0.717, 1.165) is 31.2 Å². The molecule has 1 N–H and O–H groups in total. The molecule has 0 radical (unpaired) electrons. The Kier molecular flexibility index (Phi) is 5.38.